The van der Waals surface area contributed by atoms with Crippen molar-refractivity contribution in [1.82, 2.24) is 0 Å². The summed E-state index contributed by atoms with van der Waals surface area (Å²) >= 11 is 0. The molecule has 0 aliphatic heterocycles. The Bertz CT molecular complexity index is 967. The maximum Gasteiger partial charge on any atom is 0.123 e. The van der Waals surface area contributed by atoms with E-state index in [1.165, 1.54) is 40.8 Å². The third-order valence-corrected chi connectivity index (χ3v) is 5.55. The lowest BCUT2D eigenvalue weighted by Crippen LogP contribution is -2.00. The zero-order valence-electron chi connectivity index (χ0n) is 25.3. The second-order valence-electron chi connectivity index (χ2n) is 9.80. The van der Waals surface area contributed by atoms with Crippen LogP contribution in [0.2, 0.25) is 0 Å². The molecule has 204 valence electrons. The molecule has 3 aromatic rings. The van der Waals surface area contributed by atoms with Crippen molar-refractivity contribution < 1.29 is 4.39 Å². The van der Waals surface area contributed by atoms with Gasteiger partial charge in [0.05, 0.1) is 0 Å². The number of hydrogen-bond acceptors (Lipinski definition) is 0. The summed E-state index contributed by atoms with van der Waals surface area (Å²) in [5.74, 6) is 1.92. The third kappa shape index (κ3) is 19.9. The molecule has 0 aliphatic carbocycles. The molecule has 0 saturated carbocycles. The van der Waals surface area contributed by atoms with Gasteiger partial charge in [-0.3, -0.25) is 0 Å². The fourth-order valence-corrected chi connectivity index (χ4v) is 3.14. The van der Waals surface area contributed by atoms with Crippen LogP contribution in [0.15, 0.2) is 97.6 Å². The van der Waals surface area contributed by atoms with Gasteiger partial charge in [-0.25, -0.2) is 4.39 Å². The minimum absolute atomic E-state index is 0.215. The van der Waals surface area contributed by atoms with Gasteiger partial charge in [-0.05, 0) is 73.8 Å². The number of halogens is 1. The topological polar surface area (TPSA) is 0 Å². The predicted octanol–water partition coefficient (Wildman–Crippen LogP) is 11.9. The van der Waals surface area contributed by atoms with Crippen LogP contribution in [-0.4, -0.2) is 0 Å². The molecule has 0 amide bonds. The molecule has 0 N–H and O–H groups in total. The number of aryl methyl sites for hydroxylation is 2. The molecule has 0 nitrogen and oxygen atoms in total. The molecule has 0 aliphatic rings. The molecule has 1 heteroatoms. The van der Waals surface area contributed by atoms with E-state index in [2.05, 4.69) is 98.0 Å². The Labute approximate surface area is 229 Å². The van der Waals surface area contributed by atoms with Gasteiger partial charge in [-0.2, -0.15) is 0 Å². The summed E-state index contributed by atoms with van der Waals surface area (Å²) in [5, 5.41) is 0. The number of hydrogen-bond donors (Lipinski definition) is 0. The molecule has 0 aromatic heterocycles. The Hall–Kier alpha value is -2.93. The predicted molar refractivity (Wildman–Crippen MR) is 168 cm³/mol. The van der Waals surface area contributed by atoms with Crippen LogP contribution in [0, 0.1) is 31.5 Å². The van der Waals surface area contributed by atoms with E-state index in [9.17, 15) is 4.39 Å². The monoisotopic (exact) mass is 504 g/mol. The minimum atomic E-state index is -0.215. The van der Waals surface area contributed by atoms with Crippen LogP contribution in [0.4, 0.5) is 4.39 Å². The van der Waals surface area contributed by atoms with E-state index < -0.39 is 0 Å². The Morgan fingerprint density at radius 1 is 0.811 bits per heavy atom. The van der Waals surface area contributed by atoms with Crippen LogP contribution >= 0.6 is 0 Å². The average molecular weight is 505 g/mol. The first-order chi connectivity index (χ1) is 17.5. The zero-order chi connectivity index (χ0) is 28.8. The Kier molecular flexibility index (Phi) is 21.8. The number of allylic oxidation sites excluding steroid dienone is 1. The van der Waals surface area contributed by atoms with Gasteiger partial charge in [-0.15, -0.1) is 0 Å². The molecule has 1 atom stereocenters. The average Bonchev–Trinajstić information content (AvgIpc) is 2.86. The molecule has 0 bridgehead atoms. The highest BCUT2D eigenvalue weighted by atomic mass is 19.1. The van der Waals surface area contributed by atoms with Crippen molar-refractivity contribution in [3.63, 3.8) is 0 Å². The fraction of sp³-hybridized carbons (Fsp3) is 0.389. The van der Waals surface area contributed by atoms with E-state index in [1.54, 1.807) is 18.2 Å². The first-order valence-corrected chi connectivity index (χ1v) is 13.6. The van der Waals surface area contributed by atoms with Crippen molar-refractivity contribution in [2.24, 2.45) is 11.8 Å². The van der Waals surface area contributed by atoms with Gasteiger partial charge < -0.3 is 0 Å². The van der Waals surface area contributed by atoms with Gasteiger partial charge in [-0.1, -0.05) is 146 Å². The summed E-state index contributed by atoms with van der Waals surface area (Å²) in [5.41, 5.74) is 6.33. The number of rotatable bonds is 5. The lowest BCUT2D eigenvalue weighted by atomic mass is 9.89. The normalized spacial score (nSPS) is 10.2. The standard InChI is InChI=1S/C13H20.C8H7F.C7H8.C6H12.C2H6/c1-10(2)9-12(4)13-8-6-5-7-11(13)3;1-2-7-4-3-5-8(9)6-7;1-7-5-3-2-4-6-7;1-5(2)6(3)4;1-2/h5-8,10,12H,9H2,1-4H3;2-6H,1H2;2-6H,1H3;6H,1H2,2-4H3;1-2H3. The highest BCUT2D eigenvalue weighted by Crippen LogP contribution is 2.25. The largest absolute Gasteiger partial charge is 0.207 e. The van der Waals surface area contributed by atoms with Crippen molar-refractivity contribution in [1.29, 1.82) is 0 Å². The van der Waals surface area contributed by atoms with Crippen molar-refractivity contribution in [3.8, 4) is 0 Å². The van der Waals surface area contributed by atoms with Crippen LogP contribution in [0.25, 0.3) is 6.08 Å². The van der Waals surface area contributed by atoms with E-state index in [0.717, 1.165) is 11.5 Å². The van der Waals surface area contributed by atoms with Crippen LogP contribution in [0.1, 0.15) is 90.0 Å². The van der Waals surface area contributed by atoms with Crippen molar-refractivity contribution in [2.45, 2.75) is 81.6 Å². The molecule has 1 unspecified atom stereocenters. The van der Waals surface area contributed by atoms with Crippen LogP contribution in [-0.2, 0) is 0 Å². The van der Waals surface area contributed by atoms with Gasteiger partial charge in [0.15, 0.2) is 0 Å². The Morgan fingerprint density at radius 3 is 1.68 bits per heavy atom. The molecular formula is C36H53F. The SMILES string of the molecule is C=C(C)C(C)C.C=Cc1cccc(F)c1.CC.Cc1ccccc1.Cc1ccccc1C(C)CC(C)C. The molecule has 0 saturated heterocycles. The van der Waals surface area contributed by atoms with E-state index in [-0.39, 0.29) is 5.82 Å². The summed E-state index contributed by atoms with van der Waals surface area (Å²) < 4.78 is 12.3. The van der Waals surface area contributed by atoms with E-state index in [4.69, 9.17) is 0 Å². The second-order valence-corrected chi connectivity index (χ2v) is 9.80. The number of benzene rings is 3. The molecule has 3 rings (SSSR count). The molecule has 0 fully saturated rings. The van der Waals surface area contributed by atoms with Gasteiger partial charge >= 0.3 is 0 Å². The first kappa shape index (κ1) is 36.2. The van der Waals surface area contributed by atoms with Gasteiger partial charge in [0.25, 0.3) is 0 Å². The van der Waals surface area contributed by atoms with E-state index >= 15 is 0 Å². The van der Waals surface area contributed by atoms with Gasteiger partial charge in [0, 0.05) is 0 Å². The molecule has 3 aromatic carbocycles. The van der Waals surface area contributed by atoms with Crippen molar-refractivity contribution in [2.75, 3.05) is 0 Å². The summed E-state index contributed by atoms with van der Waals surface area (Å²) in [7, 11) is 0. The van der Waals surface area contributed by atoms with Gasteiger partial charge in [0.1, 0.15) is 5.82 Å². The van der Waals surface area contributed by atoms with E-state index in [1.807, 2.05) is 39.0 Å². The molecule has 0 spiro atoms. The maximum atomic E-state index is 12.3. The van der Waals surface area contributed by atoms with Gasteiger partial charge in [0.2, 0.25) is 0 Å². The quantitative estimate of drug-likeness (QED) is 0.303. The maximum absolute atomic E-state index is 12.3. The van der Waals surface area contributed by atoms with Crippen molar-refractivity contribution in [3.05, 3.63) is 126 Å². The van der Waals surface area contributed by atoms with Crippen LogP contribution < -0.4 is 0 Å². The van der Waals surface area contributed by atoms with Crippen LogP contribution in [0.5, 0.6) is 0 Å². The summed E-state index contributed by atoms with van der Waals surface area (Å²) in [6, 6.07) is 25.3. The lowest BCUT2D eigenvalue weighted by molar-refractivity contribution is 0.522. The zero-order valence-corrected chi connectivity index (χ0v) is 25.3. The lowest BCUT2D eigenvalue weighted by Gasteiger charge is -2.16. The van der Waals surface area contributed by atoms with E-state index in [0.29, 0.717) is 11.8 Å². The molecular weight excluding hydrogens is 451 g/mol. The Balaban J connectivity index is 0. The fourth-order valence-electron chi connectivity index (χ4n) is 3.14. The second kappa shape index (κ2) is 22.3. The molecule has 0 heterocycles. The third-order valence-electron chi connectivity index (χ3n) is 5.55. The minimum Gasteiger partial charge on any atom is -0.207 e. The summed E-state index contributed by atoms with van der Waals surface area (Å²) in [4.78, 5) is 0. The summed E-state index contributed by atoms with van der Waals surface area (Å²) in [6.45, 7) is 28.8. The smallest absolute Gasteiger partial charge is 0.123 e. The highest BCUT2D eigenvalue weighted by Gasteiger charge is 2.09. The highest BCUT2D eigenvalue weighted by molar-refractivity contribution is 5.46. The Morgan fingerprint density at radius 2 is 1.32 bits per heavy atom. The molecule has 0 radical (unpaired) electrons. The molecule has 37 heavy (non-hydrogen) atoms. The van der Waals surface area contributed by atoms with Crippen molar-refractivity contribution >= 4 is 6.08 Å². The summed E-state index contributed by atoms with van der Waals surface area (Å²) in [6.07, 6.45) is 2.90. The first-order valence-electron chi connectivity index (χ1n) is 13.6. The van der Waals surface area contributed by atoms with Crippen LogP contribution in [0.3, 0.4) is 0 Å².